The van der Waals surface area contributed by atoms with Crippen LogP contribution in [-0.2, 0) is 19.1 Å². The fraction of sp³-hybridized carbons (Fsp3) is 0.562. The molecule has 0 heterocycles. The molecule has 37 heavy (non-hydrogen) atoms. The molecule has 0 saturated heterocycles. The average Bonchev–Trinajstić information content (AvgIpc) is 2.87. The van der Waals surface area contributed by atoms with E-state index in [0.717, 1.165) is 51.4 Å². The van der Waals surface area contributed by atoms with E-state index in [2.05, 4.69) is 79.9 Å². The van der Waals surface area contributed by atoms with Crippen LogP contribution in [0.4, 0.5) is 0 Å². The molecule has 1 N–H and O–H groups in total. The second-order valence-corrected chi connectivity index (χ2v) is 9.53. The van der Waals surface area contributed by atoms with Crippen LogP contribution < -0.4 is 5.32 Å². The molecule has 0 fully saturated rings. The van der Waals surface area contributed by atoms with Gasteiger partial charge < -0.3 is 14.8 Å². The van der Waals surface area contributed by atoms with E-state index in [1.165, 1.54) is 7.11 Å². The van der Waals surface area contributed by atoms with Gasteiger partial charge in [-0.1, -0.05) is 107 Å². The van der Waals surface area contributed by atoms with Gasteiger partial charge in [-0.05, 0) is 44.9 Å². The van der Waals surface area contributed by atoms with Crippen LogP contribution in [0.3, 0.4) is 0 Å². The number of unbranched alkanes of at least 4 members (excludes halogenated alkanes) is 1. The van der Waals surface area contributed by atoms with Gasteiger partial charge in [0.05, 0.1) is 13.0 Å². The number of esters is 1. The highest BCUT2D eigenvalue weighted by Gasteiger charge is 2.36. The molecule has 1 amide bonds. The average molecular weight is 514 g/mol. The molecule has 0 saturated carbocycles. The molecular weight excluding hydrogens is 462 g/mol. The Hall–Kier alpha value is -2.66. The van der Waals surface area contributed by atoms with E-state index in [1.807, 2.05) is 26.0 Å². The first kappa shape index (κ1) is 34.3. The number of rotatable bonds is 21. The summed E-state index contributed by atoms with van der Waals surface area (Å²) in [5.74, 6) is -0.483. The maximum atomic E-state index is 12.4. The van der Waals surface area contributed by atoms with Crippen LogP contribution in [-0.4, -0.2) is 38.2 Å². The molecule has 0 aliphatic carbocycles. The first-order valence-corrected chi connectivity index (χ1v) is 13.7. The SMILES string of the molecule is CC/C=C\C/C=C\C/C=C\C/C=C\C/C=C\C/C=C\CC(=O)OCC(C)(C)[C@@H](OC)C(=O)NCCCC. The molecule has 0 bridgehead atoms. The van der Waals surface area contributed by atoms with Crippen molar-refractivity contribution in [3.8, 4) is 0 Å². The van der Waals surface area contributed by atoms with Crippen molar-refractivity contribution in [1.82, 2.24) is 5.32 Å². The van der Waals surface area contributed by atoms with Crippen LogP contribution in [0, 0.1) is 5.41 Å². The summed E-state index contributed by atoms with van der Waals surface area (Å²) in [7, 11) is 1.50. The van der Waals surface area contributed by atoms with Crippen LogP contribution in [0.5, 0.6) is 0 Å². The van der Waals surface area contributed by atoms with Gasteiger partial charge in [-0.2, -0.15) is 0 Å². The lowest BCUT2D eigenvalue weighted by Gasteiger charge is -2.31. The molecule has 5 heteroatoms. The van der Waals surface area contributed by atoms with E-state index < -0.39 is 11.5 Å². The number of nitrogens with one attached hydrogen (secondary N) is 1. The predicted molar refractivity (Wildman–Crippen MR) is 156 cm³/mol. The summed E-state index contributed by atoms with van der Waals surface area (Å²) in [4.78, 5) is 24.5. The van der Waals surface area contributed by atoms with E-state index >= 15 is 0 Å². The fourth-order valence-electron chi connectivity index (χ4n) is 3.36. The number of hydrogen-bond donors (Lipinski definition) is 1. The summed E-state index contributed by atoms with van der Waals surface area (Å²) in [6, 6.07) is 0. The number of amides is 1. The molecule has 0 aromatic rings. The Morgan fingerprint density at radius 1 is 0.757 bits per heavy atom. The number of carbonyl (C=O) groups is 2. The molecule has 0 radical (unpaired) electrons. The highest BCUT2D eigenvalue weighted by molar-refractivity contribution is 5.81. The molecule has 0 unspecified atom stereocenters. The lowest BCUT2D eigenvalue weighted by atomic mass is 9.86. The van der Waals surface area contributed by atoms with Gasteiger partial charge in [0.15, 0.2) is 0 Å². The Morgan fingerprint density at radius 2 is 1.22 bits per heavy atom. The second-order valence-electron chi connectivity index (χ2n) is 9.53. The van der Waals surface area contributed by atoms with Gasteiger partial charge in [-0.25, -0.2) is 0 Å². The zero-order valence-corrected chi connectivity index (χ0v) is 23.9. The Bertz CT molecular complexity index is 772. The Balaban J connectivity index is 4.05. The summed E-state index contributed by atoms with van der Waals surface area (Å²) in [5.41, 5.74) is -0.626. The molecule has 1 atom stereocenters. The van der Waals surface area contributed by atoms with Crippen molar-refractivity contribution >= 4 is 11.9 Å². The number of methoxy groups -OCH3 is 1. The smallest absolute Gasteiger partial charge is 0.309 e. The van der Waals surface area contributed by atoms with Crippen LogP contribution in [0.25, 0.3) is 0 Å². The van der Waals surface area contributed by atoms with E-state index in [-0.39, 0.29) is 24.9 Å². The third-order valence-electron chi connectivity index (χ3n) is 5.50. The maximum absolute atomic E-state index is 12.4. The van der Waals surface area contributed by atoms with Crippen molar-refractivity contribution in [3.05, 3.63) is 72.9 Å². The first-order valence-electron chi connectivity index (χ1n) is 13.7. The molecule has 208 valence electrons. The maximum Gasteiger partial charge on any atom is 0.309 e. The fourth-order valence-corrected chi connectivity index (χ4v) is 3.36. The van der Waals surface area contributed by atoms with Crippen molar-refractivity contribution in [2.24, 2.45) is 5.41 Å². The van der Waals surface area contributed by atoms with E-state index in [9.17, 15) is 9.59 Å². The second kappa shape index (κ2) is 23.7. The molecule has 0 aromatic carbocycles. The molecule has 0 aliphatic heterocycles. The Kier molecular flexibility index (Phi) is 22.0. The highest BCUT2D eigenvalue weighted by atomic mass is 16.5. The zero-order valence-electron chi connectivity index (χ0n) is 23.9. The topological polar surface area (TPSA) is 64.6 Å². The largest absolute Gasteiger partial charge is 0.465 e. The number of hydrogen-bond acceptors (Lipinski definition) is 4. The number of carbonyl (C=O) groups excluding carboxylic acids is 2. The lowest BCUT2D eigenvalue weighted by molar-refractivity contribution is -0.154. The van der Waals surface area contributed by atoms with Crippen LogP contribution in [0.15, 0.2) is 72.9 Å². The molecule has 5 nitrogen and oxygen atoms in total. The first-order chi connectivity index (χ1) is 17.9. The summed E-state index contributed by atoms with van der Waals surface area (Å²) < 4.78 is 10.8. The highest BCUT2D eigenvalue weighted by Crippen LogP contribution is 2.24. The quantitative estimate of drug-likeness (QED) is 0.0976. The van der Waals surface area contributed by atoms with E-state index in [4.69, 9.17) is 9.47 Å². The van der Waals surface area contributed by atoms with Gasteiger partial charge in [0.1, 0.15) is 6.10 Å². The monoisotopic (exact) mass is 513 g/mol. The summed E-state index contributed by atoms with van der Waals surface area (Å²) in [5, 5.41) is 2.88. The minimum absolute atomic E-state index is 0.119. The van der Waals surface area contributed by atoms with E-state index in [0.29, 0.717) is 6.54 Å². The molecule has 0 spiro atoms. The van der Waals surface area contributed by atoms with Gasteiger partial charge in [-0.3, -0.25) is 9.59 Å². The van der Waals surface area contributed by atoms with Crippen LogP contribution >= 0.6 is 0 Å². The van der Waals surface area contributed by atoms with Crippen molar-refractivity contribution in [3.63, 3.8) is 0 Å². The van der Waals surface area contributed by atoms with E-state index in [1.54, 1.807) is 0 Å². The minimum Gasteiger partial charge on any atom is -0.465 e. The summed E-state index contributed by atoms with van der Waals surface area (Å²) in [6.45, 7) is 8.69. The third kappa shape index (κ3) is 20.1. The van der Waals surface area contributed by atoms with Gasteiger partial charge >= 0.3 is 5.97 Å². The van der Waals surface area contributed by atoms with Crippen LogP contribution in [0.2, 0.25) is 0 Å². The zero-order chi connectivity index (χ0) is 27.6. The van der Waals surface area contributed by atoms with Crippen molar-refractivity contribution in [2.45, 2.75) is 91.6 Å². The summed E-state index contributed by atoms with van der Waals surface area (Å²) >= 11 is 0. The van der Waals surface area contributed by atoms with Gasteiger partial charge in [0, 0.05) is 19.1 Å². The Morgan fingerprint density at radius 3 is 1.65 bits per heavy atom. The molecule has 0 aliphatic rings. The van der Waals surface area contributed by atoms with Gasteiger partial charge in [0.25, 0.3) is 0 Å². The minimum atomic E-state index is -0.678. The third-order valence-corrected chi connectivity index (χ3v) is 5.50. The summed E-state index contributed by atoms with van der Waals surface area (Å²) in [6.07, 6.45) is 32.6. The Labute approximate surface area is 226 Å². The number of ether oxygens (including phenoxy) is 2. The van der Waals surface area contributed by atoms with Crippen molar-refractivity contribution in [1.29, 1.82) is 0 Å². The molecule has 0 aromatic heterocycles. The molecule has 0 rings (SSSR count). The molecular formula is C32H51NO4. The van der Waals surface area contributed by atoms with Crippen molar-refractivity contribution in [2.75, 3.05) is 20.3 Å². The normalized spacial score (nSPS) is 13.8. The lowest BCUT2D eigenvalue weighted by Crippen LogP contribution is -2.47. The van der Waals surface area contributed by atoms with Gasteiger partial charge in [-0.15, -0.1) is 0 Å². The number of allylic oxidation sites excluding steroid dienone is 11. The van der Waals surface area contributed by atoms with Crippen LogP contribution in [0.1, 0.15) is 85.5 Å². The standard InChI is InChI=1S/C32H51NO4/c1-6-8-10-11-12-13-14-15-16-17-18-19-20-21-22-23-24-25-26-29(34)37-28-32(3,4)30(36-5)31(35)33-27-9-7-2/h8,10,12-13,15-16,18-19,21-22,24-25,30H,6-7,9,11,14,17,20,23,26-28H2,1-5H3,(H,33,35)/b10-8-,13-12-,16-15-,19-18-,22-21-,25-24-/t30-/m0/s1. The van der Waals surface area contributed by atoms with Gasteiger partial charge in [0.2, 0.25) is 5.91 Å². The predicted octanol–water partition coefficient (Wildman–Crippen LogP) is 7.57. The van der Waals surface area contributed by atoms with Crippen molar-refractivity contribution < 1.29 is 19.1 Å².